The second-order valence-electron chi connectivity index (χ2n) is 4.00. The topological polar surface area (TPSA) is 38.3 Å². The van der Waals surface area contributed by atoms with Crippen molar-refractivity contribution in [2.75, 3.05) is 12.4 Å². The molecular weight excluding hydrogens is 226 g/mol. The number of hydrogen-bond donors (Lipinski definition) is 1. The molecule has 0 spiro atoms. The summed E-state index contributed by atoms with van der Waals surface area (Å²) in [4.78, 5) is 11.1. The molecule has 96 valence electrons. The molecule has 0 aliphatic rings. The minimum absolute atomic E-state index is 0.111. The van der Waals surface area contributed by atoms with Gasteiger partial charge in [0.25, 0.3) is 0 Å². The molecule has 0 fully saturated rings. The molecule has 1 N–H and O–H groups in total. The van der Waals surface area contributed by atoms with E-state index in [9.17, 15) is 4.79 Å². The molecule has 18 heavy (non-hydrogen) atoms. The van der Waals surface area contributed by atoms with Crippen LogP contribution in [0.15, 0.2) is 18.2 Å². The monoisotopic (exact) mass is 245 g/mol. The van der Waals surface area contributed by atoms with Crippen molar-refractivity contribution >= 4 is 11.6 Å². The Kier molecular flexibility index (Phi) is 5.79. The SMILES string of the molecule is CCCCC#Cc1ccc(OC)cc1NC(C)=O. The number of hydrogen-bond acceptors (Lipinski definition) is 2. The Balaban J connectivity index is 2.93. The van der Waals surface area contributed by atoms with Crippen molar-refractivity contribution < 1.29 is 9.53 Å². The van der Waals surface area contributed by atoms with Gasteiger partial charge in [-0.2, -0.15) is 0 Å². The number of methoxy groups -OCH3 is 1. The van der Waals surface area contributed by atoms with Crippen LogP contribution in [-0.2, 0) is 4.79 Å². The number of rotatable bonds is 4. The molecule has 1 aromatic rings. The molecular formula is C15H19NO2. The Bertz CT molecular complexity index is 469. The first-order valence-electron chi connectivity index (χ1n) is 6.12. The van der Waals surface area contributed by atoms with Crippen molar-refractivity contribution in [3.8, 4) is 17.6 Å². The van der Waals surface area contributed by atoms with Crippen molar-refractivity contribution in [2.24, 2.45) is 0 Å². The van der Waals surface area contributed by atoms with Gasteiger partial charge < -0.3 is 10.1 Å². The minimum atomic E-state index is -0.111. The fourth-order valence-corrected chi connectivity index (χ4v) is 1.48. The first-order chi connectivity index (χ1) is 8.67. The maximum atomic E-state index is 11.1. The van der Waals surface area contributed by atoms with Crippen molar-refractivity contribution in [1.82, 2.24) is 0 Å². The van der Waals surface area contributed by atoms with Crippen molar-refractivity contribution in [2.45, 2.75) is 33.1 Å². The highest BCUT2D eigenvalue weighted by atomic mass is 16.5. The van der Waals surface area contributed by atoms with Gasteiger partial charge in [-0.05, 0) is 18.6 Å². The molecule has 0 aromatic heterocycles. The number of carbonyl (C=O) groups excluding carboxylic acids is 1. The fraction of sp³-hybridized carbons (Fsp3) is 0.400. The highest BCUT2D eigenvalue weighted by molar-refractivity contribution is 5.90. The van der Waals surface area contributed by atoms with Crippen LogP contribution >= 0.6 is 0 Å². The predicted molar refractivity (Wildman–Crippen MR) is 73.7 cm³/mol. The van der Waals surface area contributed by atoms with Gasteiger partial charge in [-0.1, -0.05) is 25.2 Å². The van der Waals surface area contributed by atoms with E-state index in [4.69, 9.17) is 4.74 Å². The summed E-state index contributed by atoms with van der Waals surface area (Å²) in [5.74, 6) is 6.79. The largest absolute Gasteiger partial charge is 0.497 e. The molecule has 0 radical (unpaired) electrons. The first-order valence-corrected chi connectivity index (χ1v) is 6.12. The highest BCUT2D eigenvalue weighted by Gasteiger charge is 2.03. The molecule has 0 saturated carbocycles. The number of ether oxygens (including phenoxy) is 1. The second-order valence-corrected chi connectivity index (χ2v) is 4.00. The van der Waals surface area contributed by atoms with E-state index < -0.39 is 0 Å². The van der Waals surface area contributed by atoms with Crippen LogP contribution in [-0.4, -0.2) is 13.0 Å². The highest BCUT2D eigenvalue weighted by Crippen LogP contribution is 2.21. The molecule has 0 aliphatic heterocycles. The molecule has 1 aromatic carbocycles. The predicted octanol–water partition coefficient (Wildman–Crippen LogP) is 3.20. The van der Waals surface area contributed by atoms with Gasteiger partial charge in [-0.15, -0.1) is 0 Å². The van der Waals surface area contributed by atoms with E-state index in [2.05, 4.69) is 24.1 Å². The molecule has 0 unspecified atom stereocenters. The Labute approximate surface area is 109 Å². The van der Waals surface area contributed by atoms with Gasteiger partial charge in [0.05, 0.1) is 12.8 Å². The number of carbonyl (C=O) groups is 1. The summed E-state index contributed by atoms with van der Waals surface area (Å²) in [7, 11) is 1.60. The van der Waals surface area contributed by atoms with E-state index in [-0.39, 0.29) is 5.91 Å². The van der Waals surface area contributed by atoms with E-state index in [1.165, 1.54) is 6.92 Å². The van der Waals surface area contributed by atoms with Crippen molar-refractivity contribution in [1.29, 1.82) is 0 Å². The summed E-state index contributed by atoms with van der Waals surface area (Å²) in [6.45, 7) is 3.62. The van der Waals surface area contributed by atoms with Gasteiger partial charge in [-0.3, -0.25) is 4.79 Å². The smallest absolute Gasteiger partial charge is 0.221 e. The van der Waals surface area contributed by atoms with Crippen molar-refractivity contribution in [3.63, 3.8) is 0 Å². The molecule has 0 atom stereocenters. The molecule has 0 aliphatic carbocycles. The summed E-state index contributed by atoms with van der Waals surface area (Å²) >= 11 is 0. The summed E-state index contributed by atoms with van der Waals surface area (Å²) in [6, 6.07) is 5.49. The number of benzene rings is 1. The van der Waals surface area contributed by atoms with Crippen LogP contribution in [0.5, 0.6) is 5.75 Å². The third-order valence-corrected chi connectivity index (χ3v) is 2.42. The van der Waals surface area contributed by atoms with Crippen LogP contribution in [0, 0.1) is 11.8 Å². The lowest BCUT2D eigenvalue weighted by atomic mass is 10.1. The third kappa shape index (κ3) is 4.50. The summed E-state index contributed by atoms with van der Waals surface area (Å²) in [5.41, 5.74) is 1.52. The Morgan fingerprint density at radius 3 is 2.83 bits per heavy atom. The standard InChI is InChI=1S/C15H19NO2/c1-4-5-6-7-8-13-9-10-14(18-3)11-15(13)16-12(2)17/h9-11H,4-6H2,1-3H3,(H,16,17). The summed E-state index contributed by atoms with van der Waals surface area (Å²) in [5, 5.41) is 2.77. The Morgan fingerprint density at radius 2 is 2.22 bits per heavy atom. The zero-order chi connectivity index (χ0) is 13.4. The van der Waals surface area contributed by atoms with Crippen LogP contribution in [0.25, 0.3) is 0 Å². The van der Waals surface area contributed by atoms with Gasteiger partial charge in [0.1, 0.15) is 5.75 Å². The van der Waals surface area contributed by atoms with Gasteiger partial charge in [0.2, 0.25) is 5.91 Å². The number of unbranched alkanes of at least 4 members (excludes halogenated alkanes) is 2. The van der Waals surface area contributed by atoms with Crippen LogP contribution in [0.1, 0.15) is 38.7 Å². The molecule has 3 nitrogen and oxygen atoms in total. The van der Waals surface area contributed by atoms with E-state index in [0.717, 1.165) is 24.8 Å². The van der Waals surface area contributed by atoms with E-state index in [0.29, 0.717) is 11.4 Å². The van der Waals surface area contributed by atoms with E-state index in [1.54, 1.807) is 13.2 Å². The summed E-state index contributed by atoms with van der Waals surface area (Å²) < 4.78 is 5.13. The lowest BCUT2D eigenvalue weighted by molar-refractivity contribution is -0.114. The van der Waals surface area contributed by atoms with Gasteiger partial charge in [0.15, 0.2) is 0 Å². The van der Waals surface area contributed by atoms with Crippen LogP contribution in [0.2, 0.25) is 0 Å². The summed E-state index contributed by atoms with van der Waals surface area (Å²) in [6.07, 6.45) is 3.11. The number of nitrogens with one attached hydrogen (secondary N) is 1. The van der Waals surface area contributed by atoms with E-state index in [1.807, 2.05) is 12.1 Å². The normalized spacial score (nSPS) is 9.28. The number of amides is 1. The van der Waals surface area contributed by atoms with Crippen molar-refractivity contribution in [3.05, 3.63) is 23.8 Å². The lowest BCUT2D eigenvalue weighted by Gasteiger charge is -2.07. The average Bonchev–Trinajstić information content (AvgIpc) is 2.35. The maximum Gasteiger partial charge on any atom is 0.221 e. The molecule has 0 saturated heterocycles. The molecule has 3 heteroatoms. The average molecular weight is 245 g/mol. The van der Waals surface area contributed by atoms with Crippen LogP contribution < -0.4 is 10.1 Å². The quantitative estimate of drug-likeness (QED) is 0.653. The number of anilines is 1. The second kappa shape index (κ2) is 7.39. The first kappa shape index (κ1) is 14.1. The zero-order valence-corrected chi connectivity index (χ0v) is 11.2. The molecule has 0 heterocycles. The van der Waals surface area contributed by atoms with Gasteiger partial charge >= 0.3 is 0 Å². The minimum Gasteiger partial charge on any atom is -0.497 e. The Hall–Kier alpha value is -1.95. The van der Waals surface area contributed by atoms with Crippen LogP contribution in [0.3, 0.4) is 0 Å². The molecule has 0 bridgehead atoms. The lowest BCUT2D eigenvalue weighted by Crippen LogP contribution is -2.07. The molecule has 1 rings (SSSR count). The zero-order valence-electron chi connectivity index (χ0n) is 11.2. The maximum absolute atomic E-state index is 11.1. The van der Waals surface area contributed by atoms with E-state index >= 15 is 0 Å². The molecule has 1 amide bonds. The van der Waals surface area contributed by atoms with Crippen LogP contribution in [0.4, 0.5) is 5.69 Å². The van der Waals surface area contributed by atoms with Gasteiger partial charge in [0, 0.05) is 25.0 Å². The van der Waals surface area contributed by atoms with Gasteiger partial charge in [-0.25, -0.2) is 0 Å². The third-order valence-electron chi connectivity index (χ3n) is 2.42. The Morgan fingerprint density at radius 1 is 1.44 bits per heavy atom. The fourth-order valence-electron chi connectivity index (χ4n) is 1.48.